The van der Waals surface area contributed by atoms with E-state index in [1.807, 2.05) is 6.07 Å². The lowest BCUT2D eigenvalue weighted by Gasteiger charge is -1.99. The van der Waals surface area contributed by atoms with Crippen molar-refractivity contribution in [1.82, 2.24) is 9.78 Å². The lowest BCUT2D eigenvalue weighted by Crippen LogP contribution is -2.11. The zero-order valence-corrected chi connectivity index (χ0v) is 9.40. The summed E-state index contributed by atoms with van der Waals surface area (Å²) in [6.45, 7) is 0. The van der Waals surface area contributed by atoms with Gasteiger partial charge in [-0.15, -0.1) is 0 Å². The third-order valence-electron chi connectivity index (χ3n) is 2.19. The van der Waals surface area contributed by atoms with Crippen LogP contribution >= 0.6 is 11.6 Å². The largest absolute Gasteiger partial charge is 0.365 e. The number of carbonyl (C=O) groups is 1. The quantitative estimate of drug-likeness (QED) is 0.864. The van der Waals surface area contributed by atoms with E-state index in [4.69, 9.17) is 17.3 Å². The minimum atomic E-state index is -0.497. The third kappa shape index (κ3) is 1.92. The SMILES string of the molecule is Cn1cc(C(N)=O)c(-c2cccc(Cl)c2)n1. The molecular formula is C11H10ClN3O. The van der Waals surface area contributed by atoms with E-state index in [-0.39, 0.29) is 0 Å². The average molecular weight is 236 g/mol. The van der Waals surface area contributed by atoms with Gasteiger partial charge >= 0.3 is 0 Å². The molecule has 0 aliphatic rings. The number of hydrogen-bond acceptors (Lipinski definition) is 2. The van der Waals surface area contributed by atoms with Crippen LogP contribution in [0.25, 0.3) is 11.3 Å². The van der Waals surface area contributed by atoms with Gasteiger partial charge in [-0.3, -0.25) is 9.48 Å². The monoisotopic (exact) mass is 235 g/mol. The van der Waals surface area contributed by atoms with E-state index in [2.05, 4.69) is 5.10 Å². The summed E-state index contributed by atoms with van der Waals surface area (Å²) >= 11 is 5.88. The highest BCUT2D eigenvalue weighted by atomic mass is 35.5. The summed E-state index contributed by atoms with van der Waals surface area (Å²) in [6, 6.07) is 7.14. The van der Waals surface area contributed by atoms with Gasteiger partial charge in [-0.25, -0.2) is 0 Å². The number of nitrogens with two attached hydrogens (primary N) is 1. The van der Waals surface area contributed by atoms with Crippen molar-refractivity contribution in [3.05, 3.63) is 41.0 Å². The standard InChI is InChI=1S/C11H10ClN3O/c1-15-6-9(11(13)16)10(14-15)7-3-2-4-8(12)5-7/h2-6H,1H3,(H2,13,16). The van der Waals surface area contributed by atoms with Crippen LogP contribution in [0.4, 0.5) is 0 Å². The first-order valence-corrected chi connectivity index (χ1v) is 5.05. The van der Waals surface area contributed by atoms with Crippen LogP contribution in [0.5, 0.6) is 0 Å². The van der Waals surface area contributed by atoms with E-state index in [9.17, 15) is 4.79 Å². The fourth-order valence-corrected chi connectivity index (χ4v) is 1.71. The van der Waals surface area contributed by atoms with Crippen LogP contribution in [0.1, 0.15) is 10.4 Å². The molecule has 0 aliphatic carbocycles. The molecule has 0 saturated heterocycles. The number of nitrogens with zero attached hydrogens (tertiary/aromatic N) is 2. The zero-order valence-electron chi connectivity index (χ0n) is 8.64. The zero-order chi connectivity index (χ0) is 11.7. The second-order valence-electron chi connectivity index (χ2n) is 3.44. The fraction of sp³-hybridized carbons (Fsp3) is 0.0909. The van der Waals surface area contributed by atoms with Gasteiger partial charge in [-0.1, -0.05) is 23.7 Å². The first kappa shape index (κ1) is 10.7. The molecule has 2 aromatic rings. The van der Waals surface area contributed by atoms with E-state index >= 15 is 0 Å². The lowest BCUT2D eigenvalue weighted by atomic mass is 10.1. The molecule has 0 aliphatic heterocycles. The molecule has 0 bridgehead atoms. The number of rotatable bonds is 2. The molecule has 0 radical (unpaired) electrons. The van der Waals surface area contributed by atoms with E-state index in [1.165, 1.54) is 0 Å². The van der Waals surface area contributed by atoms with Crippen molar-refractivity contribution in [2.24, 2.45) is 12.8 Å². The Morgan fingerprint density at radius 2 is 2.25 bits per heavy atom. The number of aryl methyl sites for hydroxylation is 1. The molecule has 1 aromatic heterocycles. The lowest BCUT2D eigenvalue weighted by molar-refractivity contribution is 0.100. The smallest absolute Gasteiger partial charge is 0.252 e. The van der Waals surface area contributed by atoms with Crippen LogP contribution < -0.4 is 5.73 Å². The minimum absolute atomic E-state index is 0.393. The Labute approximate surface area is 97.6 Å². The molecule has 82 valence electrons. The molecule has 1 heterocycles. The van der Waals surface area contributed by atoms with E-state index in [1.54, 1.807) is 36.1 Å². The Morgan fingerprint density at radius 1 is 1.50 bits per heavy atom. The Morgan fingerprint density at radius 3 is 2.88 bits per heavy atom. The highest BCUT2D eigenvalue weighted by Gasteiger charge is 2.14. The van der Waals surface area contributed by atoms with E-state index in [0.29, 0.717) is 16.3 Å². The summed E-state index contributed by atoms with van der Waals surface area (Å²) in [5.74, 6) is -0.497. The predicted octanol–water partition coefficient (Wildman–Crippen LogP) is 1.84. The van der Waals surface area contributed by atoms with Crippen LogP contribution in [0, 0.1) is 0 Å². The molecule has 0 fully saturated rings. The van der Waals surface area contributed by atoms with Gasteiger partial charge < -0.3 is 5.73 Å². The van der Waals surface area contributed by atoms with Crippen LogP contribution in [-0.2, 0) is 7.05 Å². The van der Waals surface area contributed by atoms with Crippen molar-refractivity contribution < 1.29 is 4.79 Å². The Hall–Kier alpha value is -1.81. The van der Waals surface area contributed by atoms with Gasteiger partial charge in [0.05, 0.1) is 5.56 Å². The molecule has 0 atom stereocenters. The van der Waals surface area contributed by atoms with Crippen LogP contribution in [0.2, 0.25) is 5.02 Å². The minimum Gasteiger partial charge on any atom is -0.365 e. The van der Waals surface area contributed by atoms with Gasteiger partial charge in [-0.05, 0) is 12.1 Å². The molecule has 1 amide bonds. The number of benzene rings is 1. The topological polar surface area (TPSA) is 60.9 Å². The maximum absolute atomic E-state index is 11.2. The van der Waals surface area contributed by atoms with Crippen molar-refractivity contribution in [3.63, 3.8) is 0 Å². The van der Waals surface area contributed by atoms with Gasteiger partial charge in [0.1, 0.15) is 5.69 Å². The summed E-state index contributed by atoms with van der Waals surface area (Å²) < 4.78 is 1.55. The molecule has 0 saturated carbocycles. The first-order chi connectivity index (χ1) is 7.58. The van der Waals surface area contributed by atoms with Crippen molar-refractivity contribution in [3.8, 4) is 11.3 Å². The number of aromatic nitrogens is 2. The second-order valence-corrected chi connectivity index (χ2v) is 3.88. The molecule has 2 N–H and O–H groups in total. The Balaban J connectivity index is 2.59. The van der Waals surface area contributed by atoms with Crippen LogP contribution in [-0.4, -0.2) is 15.7 Å². The molecular weight excluding hydrogens is 226 g/mol. The van der Waals surface area contributed by atoms with Gasteiger partial charge in [-0.2, -0.15) is 5.10 Å². The predicted molar refractivity (Wildman–Crippen MR) is 62.2 cm³/mol. The Bertz CT molecular complexity index is 548. The van der Waals surface area contributed by atoms with Gasteiger partial charge in [0.25, 0.3) is 5.91 Å². The summed E-state index contributed by atoms with van der Waals surface area (Å²) in [5.41, 5.74) is 7.00. The third-order valence-corrected chi connectivity index (χ3v) is 2.43. The second kappa shape index (κ2) is 3.98. The van der Waals surface area contributed by atoms with E-state index in [0.717, 1.165) is 5.56 Å². The first-order valence-electron chi connectivity index (χ1n) is 4.67. The van der Waals surface area contributed by atoms with Crippen molar-refractivity contribution in [2.75, 3.05) is 0 Å². The molecule has 0 spiro atoms. The highest BCUT2D eigenvalue weighted by molar-refractivity contribution is 6.30. The number of hydrogen-bond donors (Lipinski definition) is 1. The maximum atomic E-state index is 11.2. The molecule has 0 unspecified atom stereocenters. The Kier molecular flexibility index (Phi) is 2.66. The van der Waals surface area contributed by atoms with E-state index < -0.39 is 5.91 Å². The molecule has 2 rings (SSSR count). The highest BCUT2D eigenvalue weighted by Crippen LogP contribution is 2.24. The summed E-state index contributed by atoms with van der Waals surface area (Å²) in [4.78, 5) is 11.2. The van der Waals surface area contributed by atoms with Crippen molar-refractivity contribution >= 4 is 17.5 Å². The van der Waals surface area contributed by atoms with Crippen LogP contribution in [0.3, 0.4) is 0 Å². The van der Waals surface area contributed by atoms with Gasteiger partial charge in [0.2, 0.25) is 0 Å². The van der Waals surface area contributed by atoms with Gasteiger partial charge in [0.15, 0.2) is 0 Å². The molecule has 5 heteroatoms. The maximum Gasteiger partial charge on any atom is 0.252 e. The molecule has 16 heavy (non-hydrogen) atoms. The number of amides is 1. The number of carbonyl (C=O) groups excluding carboxylic acids is 1. The summed E-state index contributed by atoms with van der Waals surface area (Å²) in [5, 5.41) is 4.80. The number of halogens is 1. The van der Waals surface area contributed by atoms with Crippen molar-refractivity contribution in [1.29, 1.82) is 0 Å². The fourth-order valence-electron chi connectivity index (χ4n) is 1.52. The summed E-state index contributed by atoms with van der Waals surface area (Å²) in [6.07, 6.45) is 1.60. The molecule has 4 nitrogen and oxygen atoms in total. The summed E-state index contributed by atoms with van der Waals surface area (Å²) in [7, 11) is 1.74. The number of primary amides is 1. The molecule has 1 aromatic carbocycles. The normalized spacial score (nSPS) is 10.4. The van der Waals surface area contributed by atoms with Crippen LogP contribution in [0.15, 0.2) is 30.5 Å². The van der Waals surface area contributed by atoms with Crippen molar-refractivity contribution in [2.45, 2.75) is 0 Å². The van der Waals surface area contributed by atoms with Gasteiger partial charge in [0, 0.05) is 23.8 Å². The average Bonchev–Trinajstić information content (AvgIpc) is 2.60.